The molecule has 22 heavy (non-hydrogen) atoms. The summed E-state index contributed by atoms with van der Waals surface area (Å²) in [6.45, 7) is 0. The van der Waals surface area contributed by atoms with E-state index in [1.807, 2.05) is 0 Å². The van der Waals surface area contributed by atoms with Crippen molar-refractivity contribution in [1.82, 2.24) is 0 Å². The lowest BCUT2D eigenvalue weighted by Gasteiger charge is -2.25. The molecule has 2 aromatic carbocycles. The molecule has 3 rings (SSSR count). The highest BCUT2D eigenvalue weighted by Crippen LogP contribution is 2.38. The number of hydrogen-bond donors (Lipinski definition) is 1. The molecule has 0 amide bonds. The Bertz CT molecular complexity index is 915. The van der Waals surface area contributed by atoms with E-state index in [2.05, 4.69) is 9.98 Å². The Morgan fingerprint density at radius 2 is 1.68 bits per heavy atom. The standard InChI is InChI=1S/C16H8N2O4/c19-8-17-16(18-9-20)14-7-10-1-3-13(21)6-12(10)5-11(14)2-4-15(16)22/h1-7,21H. The molecular formula is C16H8N2O4. The number of ketones is 1. The van der Waals surface area contributed by atoms with Gasteiger partial charge in [0, 0.05) is 5.56 Å². The van der Waals surface area contributed by atoms with E-state index in [9.17, 15) is 19.5 Å². The molecule has 106 valence electrons. The smallest absolute Gasteiger partial charge is 0.261 e. The van der Waals surface area contributed by atoms with E-state index in [-0.39, 0.29) is 5.75 Å². The van der Waals surface area contributed by atoms with E-state index in [0.29, 0.717) is 16.5 Å². The van der Waals surface area contributed by atoms with Crippen LogP contribution >= 0.6 is 0 Å². The number of isocyanates is 2. The van der Waals surface area contributed by atoms with Crippen LogP contribution in [0.1, 0.15) is 11.1 Å². The van der Waals surface area contributed by atoms with Gasteiger partial charge in [-0.05, 0) is 46.7 Å². The van der Waals surface area contributed by atoms with Gasteiger partial charge in [-0.3, -0.25) is 4.79 Å². The number of aromatic hydroxyl groups is 1. The van der Waals surface area contributed by atoms with Crippen LogP contribution in [0, 0.1) is 0 Å². The largest absolute Gasteiger partial charge is 0.508 e. The molecule has 0 aromatic heterocycles. The van der Waals surface area contributed by atoms with Gasteiger partial charge in [-0.15, -0.1) is 0 Å². The van der Waals surface area contributed by atoms with Crippen molar-refractivity contribution in [3.05, 3.63) is 47.5 Å². The summed E-state index contributed by atoms with van der Waals surface area (Å²) in [6.07, 6.45) is 5.33. The van der Waals surface area contributed by atoms with Crippen molar-refractivity contribution < 1.29 is 19.5 Å². The molecule has 1 aliphatic carbocycles. The van der Waals surface area contributed by atoms with E-state index in [1.165, 1.54) is 24.3 Å². The number of fused-ring (bicyclic) bond motifs is 2. The molecule has 1 N–H and O–H groups in total. The molecule has 0 radical (unpaired) electrons. The monoisotopic (exact) mass is 292 g/mol. The number of rotatable bonds is 2. The number of nitrogens with zero attached hydrogens (tertiary/aromatic N) is 2. The summed E-state index contributed by atoms with van der Waals surface area (Å²) in [4.78, 5) is 40.6. The first-order valence-electron chi connectivity index (χ1n) is 6.28. The van der Waals surface area contributed by atoms with Gasteiger partial charge < -0.3 is 5.11 Å². The van der Waals surface area contributed by atoms with Crippen molar-refractivity contribution in [3.63, 3.8) is 0 Å². The highest BCUT2D eigenvalue weighted by molar-refractivity contribution is 6.07. The lowest BCUT2D eigenvalue weighted by atomic mass is 9.85. The number of phenolic OH excluding ortho intramolecular Hbond substituents is 1. The first kappa shape index (κ1) is 13.6. The van der Waals surface area contributed by atoms with Crippen molar-refractivity contribution in [2.75, 3.05) is 0 Å². The van der Waals surface area contributed by atoms with E-state index in [0.717, 1.165) is 5.39 Å². The second-order valence-corrected chi connectivity index (χ2v) is 4.75. The van der Waals surface area contributed by atoms with Gasteiger partial charge in [-0.25, -0.2) is 9.59 Å². The zero-order valence-electron chi connectivity index (χ0n) is 11.1. The highest BCUT2D eigenvalue weighted by Gasteiger charge is 2.42. The van der Waals surface area contributed by atoms with Gasteiger partial charge in [0.05, 0.1) is 0 Å². The van der Waals surface area contributed by atoms with Crippen LogP contribution in [0.4, 0.5) is 0 Å². The molecule has 0 saturated carbocycles. The first-order chi connectivity index (χ1) is 10.6. The second-order valence-electron chi connectivity index (χ2n) is 4.75. The highest BCUT2D eigenvalue weighted by atomic mass is 16.3. The average molecular weight is 292 g/mol. The molecule has 0 heterocycles. The maximum atomic E-state index is 12.2. The second kappa shape index (κ2) is 4.90. The topological polar surface area (TPSA) is 96.2 Å². The van der Waals surface area contributed by atoms with Crippen LogP contribution in [0.3, 0.4) is 0 Å². The molecule has 2 aromatic rings. The number of benzene rings is 2. The fraction of sp³-hybridized carbons (Fsp3) is 0.0625. The van der Waals surface area contributed by atoms with Crippen molar-refractivity contribution in [1.29, 1.82) is 0 Å². The maximum Gasteiger partial charge on any atom is 0.261 e. The SMILES string of the molecule is O=C=NC1(N=C=O)C(=O)C=Cc2cc3cc(O)ccc3cc21. The van der Waals surface area contributed by atoms with Gasteiger partial charge in [-0.2, -0.15) is 9.98 Å². The molecule has 0 atom stereocenters. The summed E-state index contributed by atoms with van der Waals surface area (Å²) in [5, 5.41) is 11.0. The Morgan fingerprint density at radius 3 is 2.36 bits per heavy atom. The zero-order chi connectivity index (χ0) is 15.7. The first-order valence-corrected chi connectivity index (χ1v) is 6.28. The third kappa shape index (κ3) is 1.88. The summed E-state index contributed by atoms with van der Waals surface area (Å²) >= 11 is 0. The molecule has 1 aliphatic rings. The lowest BCUT2D eigenvalue weighted by Crippen LogP contribution is -2.33. The van der Waals surface area contributed by atoms with Crippen LogP contribution in [0.25, 0.3) is 16.8 Å². The minimum absolute atomic E-state index is 0.103. The third-order valence-corrected chi connectivity index (χ3v) is 3.54. The molecule has 6 nitrogen and oxygen atoms in total. The van der Waals surface area contributed by atoms with Crippen molar-refractivity contribution in [3.8, 4) is 5.75 Å². The summed E-state index contributed by atoms with van der Waals surface area (Å²) in [6, 6.07) is 8.01. The molecular weight excluding hydrogens is 284 g/mol. The normalized spacial score (nSPS) is 19.2. The van der Waals surface area contributed by atoms with Crippen molar-refractivity contribution in [2.24, 2.45) is 9.98 Å². The lowest BCUT2D eigenvalue weighted by molar-refractivity contribution is -0.119. The summed E-state index contributed by atoms with van der Waals surface area (Å²) < 4.78 is 0. The van der Waals surface area contributed by atoms with E-state index < -0.39 is 11.4 Å². The Labute approximate surface area is 124 Å². The van der Waals surface area contributed by atoms with Crippen molar-refractivity contribution in [2.45, 2.75) is 5.66 Å². The molecule has 0 saturated heterocycles. The number of carbonyl (C=O) groups excluding carboxylic acids is 3. The average Bonchev–Trinajstić information content (AvgIpc) is 2.50. The molecule has 0 spiro atoms. The predicted octanol–water partition coefficient (Wildman–Crippen LogP) is 1.97. The van der Waals surface area contributed by atoms with Crippen LogP contribution in [-0.4, -0.2) is 23.0 Å². The summed E-state index contributed by atoms with van der Waals surface area (Å²) in [7, 11) is 0. The Hall–Kier alpha value is -3.33. The number of phenols is 1. The van der Waals surface area contributed by atoms with Gasteiger partial charge in [0.25, 0.3) is 5.66 Å². The van der Waals surface area contributed by atoms with Crippen LogP contribution in [0.15, 0.2) is 46.4 Å². The van der Waals surface area contributed by atoms with E-state index in [1.54, 1.807) is 30.3 Å². The van der Waals surface area contributed by atoms with Crippen LogP contribution in [-0.2, 0) is 20.0 Å². The zero-order valence-corrected chi connectivity index (χ0v) is 11.1. The molecule has 6 heteroatoms. The minimum atomic E-state index is -1.97. The quantitative estimate of drug-likeness (QED) is 0.676. The molecule has 0 unspecified atom stereocenters. The maximum absolute atomic E-state index is 12.2. The Morgan fingerprint density at radius 1 is 0.955 bits per heavy atom. The predicted molar refractivity (Wildman–Crippen MR) is 77.6 cm³/mol. The van der Waals surface area contributed by atoms with Crippen LogP contribution < -0.4 is 0 Å². The van der Waals surface area contributed by atoms with Crippen molar-refractivity contribution >= 4 is 34.8 Å². The van der Waals surface area contributed by atoms with Gasteiger partial charge in [0.15, 0.2) is 0 Å². The third-order valence-electron chi connectivity index (χ3n) is 3.54. The van der Waals surface area contributed by atoms with E-state index >= 15 is 0 Å². The number of carbonyl (C=O) groups is 1. The van der Waals surface area contributed by atoms with Crippen LogP contribution in [0.2, 0.25) is 0 Å². The van der Waals surface area contributed by atoms with Gasteiger partial charge in [-0.1, -0.05) is 12.1 Å². The minimum Gasteiger partial charge on any atom is -0.508 e. The van der Waals surface area contributed by atoms with Gasteiger partial charge in [0.2, 0.25) is 17.9 Å². The fourth-order valence-corrected chi connectivity index (χ4v) is 2.54. The molecule has 0 aliphatic heterocycles. The van der Waals surface area contributed by atoms with Gasteiger partial charge in [0.1, 0.15) is 5.75 Å². The molecule has 0 bridgehead atoms. The van der Waals surface area contributed by atoms with E-state index in [4.69, 9.17) is 0 Å². The Balaban J connectivity index is 2.41. The Kier molecular flexibility index (Phi) is 3.04. The molecule has 0 fully saturated rings. The van der Waals surface area contributed by atoms with Gasteiger partial charge >= 0.3 is 0 Å². The summed E-state index contributed by atoms with van der Waals surface area (Å²) in [5.74, 6) is -0.517. The van der Waals surface area contributed by atoms with Crippen LogP contribution in [0.5, 0.6) is 5.75 Å². The fourth-order valence-electron chi connectivity index (χ4n) is 2.54. The number of hydrogen-bond acceptors (Lipinski definition) is 6. The summed E-state index contributed by atoms with van der Waals surface area (Å²) in [5.41, 5.74) is -1.11. The number of aliphatic imine (C=N–C) groups is 2.